The first kappa shape index (κ1) is 12.0. The van der Waals surface area contributed by atoms with Crippen molar-refractivity contribution in [2.24, 2.45) is 0 Å². The van der Waals surface area contributed by atoms with Crippen LogP contribution in [0.15, 0.2) is 0 Å². The van der Waals surface area contributed by atoms with Crippen LogP contribution >= 0.6 is 0 Å². The molecule has 1 N–H and O–H groups in total. The highest BCUT2D eigenvalue weighted by molar-refractivity contribution is 4.73. The Bertz CT molecular complexity index is 153. The maximum atomic E-state index is 5.62. The number of hydrogen-bond acceptors (Lipinski definition) is 3. The summed E-state index contributed by atoms with van der Waals surface area (Å²) in [6.45, 7) is 6.93. The van der Waals surface area contributed by atoms with E-state index in [4.69, 9.17) is 9.47 Å². The summed E-state index contributed by atoms with van der Waals surface area (Å²) >= 11 is 0. The Hall–Kier alpha value is -0.120. The van der Waals surface area contributed by atoms with Gasteiger partial charge in [-0.25, -0.2) is 0 Å². The minimum atomic E-state index is -0.0747. The third kappa shape index (κ3) is 4.40. The second-order valence-electron chi connectivity index (χ2n) is 4.58. The molecule has 0 aromatic carbocycles. The van der Waals surface area contributed by atoms with Crippen LogP contribution in [0.4, 0.5) is 0 Å². The van der Waals surface area contributed by atoms with Gasteiger partial charge in [-0.3, -0.25) is 0 Å². The lowest BCUT2D eigenvalue weighted by Gasteiger charge is -2.27. The molecule has 1 unspecified atom stereocenters. The lowest BCUT2D eigenvalue weighted by atomic mass is 10.1. The van der Waals surface area contributed by atoms with Gasteiger partial charge in [-0.1, -0.05) is 0 Å². The molecule has 1 saturated heterocycles. The van der Waals surface area contributed by atoms with Crippen LogP contribution in [0.2, 0.25) is 0 Å². The van der Waals surface area contributed by atoms with Crippen LogP contribution in [0.5, 0.6) is 0 Å². The van der Waals surface area contributed by atoms with Crippen LogP contribution in [0, 0.1) is 0 Å². The third-order valence-electron chi connectivity index (χ3n) is 2.75. The van der Waals surface area contributed by atoms with Gasteiger partial charge >= 0.3 is 0 Å². The van der Waals surface area contributed by atoms with Crippen molar-refractivity contribution < 1.29 is 9.47 Å². The van der Waals surface area contributed by atoms with Crippen molar-refractivity contribution in [1.29, 1.82) is 0 Å². The van der Waals surface area contributed by atoms with E-state index in [0.29, 0.717) is 6.10 Å². The average Bonchev–Trinajstić information content (AvgIpc) is 2.19. The normalized spacial score (nSPS) is 23.8. The molecule has 0 saturated carbocycles. The predicted molar refractivity (Wildman–Crippen MR) is 57.5 cm³/mol. The molecule has 3 nitrogen and oxygen atoms in total. The van der Waals surface area contributed by atoms with E-state index in [9.17, 15) is 0 Å². The molecule has 0 bridgehead atoms. The molecule has 84 valence electrons. The largest absolute Gasteiger partial charge is 0.377 e. The van der Waals surface area contributed by atoms with Crippen molar-refractivity contribution in [2.75, 3.05) is 26.8 Å². The smallest absolute Gasteiger partial charge is 0.0746 e. The van der Waals surface area contributed by atoms with E-state index in [2.05, 4.69) is 19.2 Å². The fourth-order valence-electron chi connectivity index (χ4n) is 1.57. The second-order valence-corrected chi connectivity index (χ2v) is 4.58. The highest BCUT2D eigenvalue weighted by Crippen LogP contribution is 2.12. The zero-order valence-electron chi connectivity index (χ0n) is 9.64. The van der Waals surface area contributed by atoms with Crippen molar-refractivity contribution in [1.82, 2.24) is 5.32 Å². The van der Waals surface area contributed by atoms with Gasteiger partial charge in [0.25, 0.3) is 0 Å². The first-order valence-electron chi connectivity index (χ1n) is 5.51. The molecule has 1 atom stereocenters. The monoisotopic (exact) mass is 201 g/mol. The van der Waals surface area contributed by atoms with Crippen LogP contribution in [0.1, 0.15) is 33.1 Å². The van der Waals surface area contributed by atoms with Gasteiger partial charge in [-0.2, -0.15) is 0 Å². The topological polar surface area (TPSA) is 30.5 Å². The number of nitrogens with one attached hydrogen (secondary N) is 1. The molecule has 1 aliphatic rings. The fourth-order valence-corrected chi connectivity index (χ4v) is 1.57. The van der Waals surface area contributed by atoms with E-state index in [0.717, 1.165) is 19.7 Å². The molecule has 1 aliphatic heterocycles. The summed E-state index contributed by atoms with van der Waals surface area (Å²) < 4.78 is 10.9. The number of ether oxygens (including phenoxy) is 2. The maximum Gasteiger partial charge on any atom is 0.0746 e. The molecule has 1 rings (SSSR count). The first-order valence-corrected chi connectivity index (χ1v) is 5.51. The highest BCUT2D eigenvalue weighted by atomic mass is 16.5. The lowest BCUT2D eigenvalue weighted by Crippen LogP contribution is -2.41. The average molecular weight is 201 g/mol. The van der Waals surface area contributed by atoms with E-state index in [1.165, 1.54) is 19.3 Å². The van der Waals surface area contributed by atoms with Crippen LogP contribution in [0.25, 0.3) is 0 Å². The predicted octanol–water partition coefficient (Wildman–Crippen LogP) is 1.57. The van der Waals surface area contributed by atoms with Gasteiger partial charge in [0.2, 0.25) is 0 Å². The maximum absolute atomic E-state index is 5.62. The lowest BCUT2D eigenvalue weighted by molar-refractivity contribution is 0.00131. The summed E-state index contributed by atoms with van der Waals surface area (Å²) in [5, 5.41) is 3.40. The number of rotatable bonds is 5. The summed E-state index contributed by atoms with van der Waals surface area (Å²) in [6.07, 6.45) is 4.14. The van der Waals surface area contributed by atoms with E-state index in [1.807, 2.05) is 0 Å². The van der Waals surface area contributed by atoms with Gasteiger partial charge < -0.3 is 14.8 Å². The quantitative estimate of drug-likeness (QED) is 0.732. The molecule has 0 spiro atoms. The first-order chi connectivity index (χ1) is 6.64. The standard InChI is InChI=1S/C11H23NO2/c1-11(2,13-3)9-12-8-10-6-4-5-7-14-10/h10,12H,4-9H2,1-3H3. The van der Waals surface area contributed by atoms with Crippen LogP contribution in [-0.2, 0) is 9.47 Å². The molecular formula is C11H23NO2. The highest BCUT2D eigenvalue weighted by Gasteiger charge is 2.18. The van der Waals surface area contributed by atoms with Gasteiger partial charge in [0.1, 0.15) is 0 Å². The third-order valence-corrected chi connectivity index (χ3v) is 2.75. The Morgan fingerprint density at radius 1 is 1.43 bits per heavy atom. The minimum absolute atomic E-state index is 0.0747. The van der Waals surface area contributed by atoms with E-state index < -0.39 is 0 Å². The van der Waals surface area contributed by atoms with Crippen LogP contribution in [0.3, 0.4) is 0 Å². The molecule has 0 radical (unpaired) electrons. The molecule has 14 heavy (non-hydrogen) atoms. The Balaban J connectivity index is 2.08. The van der Waals surface area contributed by atoms with Gasteiger partial charge in [0, 0.05) is 26.8 Å². The van der Waals surface area contributed by atoms with E-state index in [1.54, 1.807) is 7.11 Å². The molecule has 0 amide bonds. The van der Waals surface area contributed by atoms with Crippen molar-refractivity contribution in [3.63, 3.8) is 0 Å². The summed E-state index contributed by atoms with van der Waals surface area (Å²) in [6, 6.07) is 0. The van der Waals surface area contributed by atoms with Crippen LogP contribution < -0.4 is 5.32 Å². The number of methoxy groups -OCH3 is 1. The number of hydrogen-bond donors (Lipinski definition) is 1. The molecular weight excluding hydrogens is 178 g/mol. The molecule has 3 heteroatoms. The van der Waals surface area contributed by atoms with Crippen molar-refractivity contribution in [3.8, 4) is 0 Å². The van der Waals surface area contributed by atoms with E-state index >= 15 is 0 Å². The van der Waals surface area contributed by atoms with Gasteiger partial charge in [0.15, 0.2) is 0 Å². The summed E-state index contributed by atoms with van der Waals surface area (Å²) in [5.41, 5.74) is -0.0747. The van der Waals surface area contributed by atoms with Crippen molar-refractivity contribution in [2.45, 2.75) is 44.8 Å². The summed E-state index contributed by atoms with van der Waals surface area (Å²) in [5.74, 6) is 0. The zero-order valence-corrected chi connectivity index (χ0v) is 9.64. The van der Waals surface area contributed by atoms with Gasteiger partial charge in [0.05, 0.1) is 11.7 Å². The Labute approximate surface area is 87.2 Å². The second kappa shape index (κ2) is 5.69. The summed E-state index contributed by atoms with van der Waals surface area (Å²) in [7, 11) is 1.75. The fraction of sp³-hybridized carbons (Fsp3) is 1.00. The minimum Gasteiger partial charge on any atom is -0.377 e. The summed E-state index contributed by atoms with van der Waals surface area (Å²) in [4.78, 5) is 0. The molecule has 0 aliphatic carbocycles. The zero-order chi connectivity index (χ0) is 10.4. The van der Waals surface area contributed by atoms with Crippen molar-refractivity contribution in [3.05, 3.63) is 0 Å². The van der Waals surface area contributed by atoms with Crippen molar-refractivity contribution >= 4 is 0 Å². The molecule has 0 aromatic heterocycles. The van der Waals surface area contributed by atoms with Gasteiger partial charge in [-0.15, -0.1) is 0 Å². The molecule has 1 fully saturated rings. The van der Waals surface area contributed by atoms with E-state index in [-0.39, 0.29) is 5.60 Å². The molecule has 0 aromatic rings. The van der Waals surface area contributed by atoms with Crippen LogP contribution in [-0.4, -0.2) is 38.5 Å². The Kier molecular flexibility index (Phi) is 4.85. The molecule has 1 heterocycles. The SMILES string of the molecule is COC(C)(C)CNCC1CCCCO1. The van der Waals surface area contributed by atoms with Gasteiger partial charge in [-0.05, 0) is 33.1 Å². The Morgan fingerprint density at radius 3 is 2.79 bits per heavy atom. The Morgan fingerprint density at radius 2 is 2.21 bits per heavy atom.